The molecule has 1 aromatic carbocycles. The lowest BCUT2D eigenvalue weighted by Gasteiger charge is -2.30. The van der Waals surface area contributed by atoms with E-state index in [1.54, 1.807) is 7.11 Å². The van der Waals surface area contributed by atoms with E-state index in [0.717, 1.165) is 42.9 Å². The van der Waals surface area contributed by atoms with Crippen molar-refractivity contribution in [2.24, 2.45) is 5.92 Å². The lowest BCUT2D eigenvalue weighted by atomic mass is 9.96. The number of fused-ring (bicyclic) bond motifs is 1. The number of carbonyl (C=O) groups is 1. The minimum absolute atomic E-state index is 0.00398. The standard InChI is InChI=1S/C21H24N4O3/c1-14-7-8-18-19(23-14)24-21(28-18)25-11-9-15(10-12-25)20(26)22-13-16-5-3-4-6-17(16)27-2/h3-8,15H,9-13H2,1-2H3,(H,22,26). The summed E-state index contributed by atoms with van der Waals surface area (Å²) in [7, 11) is 1.64. The Morgan fingerprint density at radius 3 is 2.79 bits per heavy atom. The average Bonchev–Trinajstić information content (AvgIpc) is 3.15. The van der Waals surface area contributed by atoms with Crippen molar-refractivity contribution in [1.82, 2.24) is 15.3 Å². The fourth-order valence-corrected chi connectivity index (χ4v) is 3.55. The summed E-state index contributed by atoms with van der Waals surface area (Å²) in [5, 5.41) is 3.04. The molecule has 1 aliphatic rings. The third kappa shape index (κ3) is 3.78. The van der Waals surface area contributed by atoms with Crippen LogP contribution < -0.4 is 15.0 Å². The smallest absolute Gasteiger partial charge is 0.299 e. The fraction of sp³-hybridized carbons (Fsp3) is 0.381. The number of anilines is 1. The van der Waals surface area contributed by atoms with Crippen LogP contribution >= 0.6 is 0 Å². The summed E-state index contributed by atoms with van der Waals surface area (Å²) in [5.74, 6) is 0.869. The number of oxazole rings is 1. The van der Waals surface area contributed by atoms with E-state index in [0.29, 0.717) is 23.8 Å². The van der Waals surface area contributed by atoms with E-state index in [1.807, 2.05) is 43.3 Å². The summed E-state index contributed by atoms with van der Waals surface area (Å²) < 4.78 is 11.2. The van der Waals surface area contributed by atoms with Gasteiger partial charge in [0.1, 0.15) is 5.75 Å². The van der Waals surface area contributed by atoms with Crippen LogP contribution in [-0.4, -0.2) is 36.1 Å². The second kappa shape index (κ2) is 7.88. The van der Waals surface area contributed by atoms with Crippen molar-refractivity contribution >= 4 is 23.2 Å². The summed E-state index contributed by atoms with van der Waals surface area (Å²) in [4.78, 5) is 23.5. The number of amides is 1. The number of carbonyl (C=O) groups excluding carboxylic acids is 1. The van der Waals surface area contributed by atoms with Gasteiger partial charge in [0.2, 0.25) is 11.6 Å². The molecule has 1 amide bonds. The van der Waals surface area contributed by atoms with Crippen molar-refractivity contribution < 1.29 is 13.9 Å². The first-order chi connectivity index (χ1) is 13.6. The lowest BCUT2D eigenvalue weighted by Crippen LogP contribution is -2.40. The molecule has 146 valence electrons. The molecule has 1 fully saturated rings. The van der Waals surface area contributed by atoms with E-state index in [9.17, 15) is 4.79 Å². The van der Waals surface area contributed by atoms with Gasteiger partial charge in [-0.2, -0.15) is 4.98 Å². The van der Waals surface area contributed by atoms with Gasteiger partial charge in [-0.25, -0.2) is 4.98 Å². The third-order valence-electron chi connectivity index (χ3n) is 5.16. The van der Waals surface area contributed by atoms with Crippen LogP contribution in [0.15, 0.2) is 40.8 Å². The van der Waals surface area contributed by atoms with Gasteiger partial charge in [0.15, 0.2) is 5.58 Å². The lowest BCUT2D eigenvalue weighted by molar-refractivity contribution is -0.125. The third-order valence-corrected chi connectivity index (χ3v) is 5.16. The topological polar surface area (TPSA) is 80.5 Å². The molecule has 0 radical (unpaired) electrons. The molecule has 0 unspecified atom stereocenters. The summed E-state index contributed by atoms with van der Waals surface area (Å²) >= 11 is 0. The number of aryl methyl sites for hydroxylation is 1. The average molecular weight is 380 g/mol. The predicted molar refractivity (Wildman–Crippen MR) is 106 cm³/mol. The van der Waals surface area contributed by atoms with E-state index in [-0.39, 0.29) is 11.8 Å². The summed E-state index contributed by atoms with van der Waals surface area (Å²) in [6.07, 6.45) is 1.53. The number of pyridine rings is 1. The SMILES string of the molecule is COc1ccccc1CNC(=O)C1CCN(c2nc3nc(C)ccc3o2)CC1. The number of rotatable bonds is 5. The van der Waals surface area contributed by atoms with E-state index < -0.39 is 0 Å². The molecular weight excluding hydrogens is 356 g/mol. The summed E-state index contributed by atoms with van der Waals surface area (Å²) in [6.45, 7) is 3.87. The van der Waals surface area contributed by atoms with Crippen molar-refractivity contribution in [1.29, 1.82) is 0 Å². The molecule has 0 atom stereocenters. The minimum Gasteiger partial charge on any atom is -0.496 e. The molecule has 0 saturated carbocycles. The number of nitrogens with zero attached hydrogens (tertiary/aromatic N) is 3. The molecule has 28 heavy (non-hydrogen) atoms. The van der Waals surface area contributed by atoms with Crippen LogP contribution in [0.1, 0.15) is 24.1 Å². The van der Waals surface area contributed by atoms with Crippen LogP contribution in [0.25, 0.3) is 11.2 Å². The molecule has 2 aromatic heterocycles. The normalized spacial score (nSPS) is 15.0. The van der Waals surface area contributed by atoms with Crippen molar-refractivity contribution in [2.45, 2.75) is 26.3 Å². The van der Waals surface area contributed by atoms with Crippen LogP contribution in [-0.2, 0) is 11.3 Å². The first-order valence-corrected chi connectivity index (χ1v) is 9.53. The molecule has 1 saturated heterocycles. The summed E-state index contributed by atoms with van der Waals surface area (Å²) in [6, 6.07) is 12.1. The van der Waals surface area contributed by atoms with Crippen LogP contribution in [0.2, 0.25) is 0 Å². The zero-order chi connectivity index (χ0) is 19.5. The molecule has 1 N–H and O–H groups in total. The number of para-hydroxylation sites is 1. The molecule has 0 spiro atoms. The predicted octanol–water partition coefficient (Wildman–Crippen LogP) is 3.07. The maximum absolute atomic E-state index is 12.6. The van der Waals surface area contributed by atoms with E-state index >= 15 is 0 Å². The van der Waals surface area contributed by atoms with Crippen LogP contribution in [0.3, 0.4) is 0 Å². The van der Waals surface area contributed by atoms with E-state index in [4.69, 9.17) is 9.15 Å². The minimum atomic E-state index is -0.00398. The number of nitrogens with one attached hydrogen (secondary N) is 1. The second-order valence-electron chi connectivity index (χ2n) is 7.06. The molecule has 3 aromatic rings. The highest BCUT2D eigenvalue weighted by molar-refractivity contribution is 5.79. The molecule has 3 heterocycles. The number of aromatic nitrogens is 2. The Kier molecular flexibility index (Phi) is 5.14. The zero-order valence-electron chi connectivity index (χ0n) is 16.1. The van der Waals surface area contributed by atoms with Gasteiger partial charge in [-0.3, -0.25) is 4.79 Å². The molecule has 0 aliphatic carbocycles. The zero-order valence-corrected chi connectivity index (χ0v) is 16.1. The quantitative estimate of drug-likeness (QED) is 0.733. The number of piperidine rings is 1. The molecular formula is C21H24N4O3. The van der Waals surface area contributed by atoms with Gasteiger partial charge < -0.3 is 19.4 Å². The molecule has 4 rings (SSSR count). The van der Waals surface area contributed by atoms with Gasteiger partial charge >= 0.3 is 0 Å². The van der Waals surface area contributed by atoms with Crippen LogP contribution in [0.4, 0.5) is 6.01 Å². The number of ether oxygens (including phenoxy) is 1. The largest absolute Gasteiger partial charge is 0.496 e. The molecule has 7 heteroatoms. The Bertz CT molecular complexity index is 977. The van der Waals surface area contributed by atoms with Crippen molar-refractivity contribution in [3.8, 4) is 5.75 Å². The van der Waals surface area contributed by atoms with Crippen molar-refractivity contribution in [3.63, 3.8) is 0 Å². The Balaban J connectivity index is 1.33. The van der Waals surface area contributed by atoms with Crippen LogP contribution in [0, 0.1) is 12.8 Å². The molecule has 0 bridgehead atoms. The number of methoxy groups -OCH3 is 1. The Labute approximate surface area is 163 Å². The monoisotopic (exact) mass is 380 g/mol. The van der Waals surface area contributed by atoms with Gasteiger partial charge in [0.05, 0.1) is 7.11 Å². The Hall–Kier alpha value is -3.09. The van der Waals surface area contributed by atoms with Crippen LogP contribution in [0.5, 0.6) is 5.75 Å². The highest BCUT2D eigenvalue weighted by Crippen LogP contribution is 2.26. The maximum Gasteiger partial charge on any atom is 0.299 e. The van der Waals surface area contributed by atoms with E-state index in [1.165, 1.54) is 0 Å². The highest BCUT2D eigenvalue weighted by atomic mass is 16.5. The summed E-state index contributed by atoms with van der Waals surface area (Å²) in [5.41, 5.74) is 3.21. The first-order valence-electron chi connectivity index (χ1n) is 9.53. The van der Waals surface area contributed by atoms with Gasteiger partial charge in [0.25, 0.3) is 6.01 Å². The highest BCUT2D eigenvalue weighted by Gasteiger charge is 2.27. The van der Waals surface area contributed by atoms with Gasteiger partial charge in [-0.1, -0.05) is 18.2 Å². The Morgan fingerprint density at radius 1 is 1.21 bits per heavy atom. The van der Waals surface area contributed by atoms with Gasteiger partial charge in [0, 0.05) is 36.8 Å². The van der Waals surface area contributed by atoms with Gasteiger partial charge in [-0.05, 0) is 38.0 Å². The van der Waals surface area contributed by atoms with E-state index in [2.05, 4.69) is 20.2 Å². The van der Waals surface area contributed by atoms with Gasteiger partial charge in [-0.15, -0.1) is 0 Å². The molecule has 1 aliphatic heterocycles. The Morgan fingerprint density at radius 2 is 2.00 bits per heavy atom. The second-order valence-corrected chi connectivity index (χ2v) is 7.06. The maximum atomic E-state index is 12.6. The van der Waals surface area contributed by atoms with Crippen molar-refractivity contribution in [2.75, 3.05) is 25.1 Å². The number of hydrogen-bond acceptors (Lipinski definition) is 6. The van der Waals surface area contributed by atoms with Crippen molar-refractivity contribution in [3.05, 3.63) is 47.7 Å². The molecule has 7 nitrogen and oxygen atoms in total. The number of hydrogen-bond donors (Lipinski definition) is 1. The fourth-order valence-electron chi connectivity index (χ4n) is 3.55. The number of benzene rings is 1. The first kappa shape index (κ1) is 18.3.